The highest BCUT2D eigenvalue weighted by Crippen LogP contribution is 2.45. The third-order valence-corrected chi connectivity index (χ3v) is 4.22. The zero-order chi connectivity index (χ0) is 22.6. The normalized spacial score (nSPS) is 12.6. The van der Waals surface area contributed by atoms with E-state index in [9.17, 15) is 30.7 Å². The lowest BCUT2D eigenvalue weighted by atomic mass is 10.1. The van der Waals surface area contributed by atoms with Gasteiger partial charge in [0.2, 0.25) is 0 Å². The average Bonchev–Trinajstić information content (AvgIpc) is 2.66. The average molecular weight is 498 g/mol. The summed E-state index contributed by atoms with van der Waals surface area (Å²) in [6.45, 7) is 0.151. The minimum Gasteiger partial charge on any atom is -0.488 e. The molecule has 4 nitrogen and oxygen atoms in total. The molecule has 12 heteroatoms. The first-order chi connectivity index (χ1) is 13.9. The van der Waals surface area contributed by atoms with Gasteiger partial charge in [0, 0.05) is 0 Å². The number of rotatable bonds is 7. The van der Waals surface area contributed by atoms with Gasteiger partial charge in [-0.05, 0) is 57.4 Å². The quantitative estimate of drug-likeness (QED) is 0.234. The number of hydrazone groups is 1. The van der Waals surface area contributed by atoms with Crippen molar-refractivity contribution in [2.45, 2.75) is 24.8 Å². The van der Waals surface area contributed by atoms with Gasteiger partial charge in [-0.15, -0.1) is 0 Å². The number of halogens is 8. The fraction of sp³-hybridized carbons (Fsp3) is 0.222. The third-order valence-electron chi connectivity index (χ3n) is 3.60. The molecule has 0 unspecified atom stereocenters. The Bertz CT molecular complexity index is 954. The Labute approximate surface area is 174 Å². The standard InChI is InChI=1S/C18H11BrF7N3O/c19-14-7-13(9-28-29-18(25,26)16(20,21)17(22,23)24)5-6-15(14)30-10-12-3-1-11(8-27)2-4-12/h1-7,9,29H,10H2/b28-9-. The number of ether oxygens (including phenoxy) is 1. The lowest BCUT2D eigenvalue weighted by Crippen LogP contribution is -2.58. The highest BCUT2D eigenvalue weighted by Gasteiger charge is 2.73. The maximum absolute atomic E-state index is 13.1. The highest BCUT2D eigenvalue weighted by atomic mass is 79.9. The van der Waals surface area contributed by atoms with Crippen molar-refractivity contribution in [1.29, 1.82) is 5.26 Å². The van der Waals surface area contributed by atoms with Crippen molar-refractivity contribution in [1.82, 2.24) is 5.43 Å². The smallest absolute Gasteiger partial charge is 0.462 e. The zero-order valence-corrected chi connectivity index (χ0v) is 16.2. The molecule has 0 aliphatic rings. The van der Waals surface area contributed by atoms with Gasteiger partial charge < -0.3 is 4.74 Å². The molecule has 0 aliphatic heterocycles. The van der Waals surface area contributed by atoms with E-state index in [4.69, 9.17) is 10.00 Å². The Morgan fingerprint density at radius 2 is 1.67 bits per heavy atom. The van der Waals surface area contributed by atoms with E-state index in [-0.39, 0.29) is 12.2 Å². The van der Waals surface area contributed by atoms with E-state index in [1.807, 2.05) is 6.07 Å². The Morgan fingerprint density at radius 3 is 2.20 bits per heavy atom. The Kier molecular flexibility index (Phi) is 6.97. The van der Waals surface area contributed by atoms with Crippen molar-refractivity contribution < 1.29 is 35.5 Å². The maximum atomic E-state index is 13.1. The molecule has 0 saturated carbocycles. The maximum Gasteiger partial charge on any atom is 0.462 e. The van der Waals surface area contributed by atoms with Gasteiger partial charge in [0.25, 0.3) is 0 Å². The highest BCUT2D eigenvalue weighted by molar-refractivity contribution is 9.10. The van der Waals surface area contributed by atoms with Crippen molar-refractivity contribution in [3.63, 3.8) is 0 Å². The summed E-state index contributed by atoms with van der Waals surface area (Å²) in [5.41, 5.74) is 1.91. The minimum atomic E-state index is -6.45. The number of nitriles is 1. The molecule has 0 bridgehead atoms. The van der Waals surface area contributed by atoms with Crippen LogP contribution in [-0.2, 0) is 6.61 Å². The number of benzene rings is 2. The molecule has 0 radical (unpaired) electrons. The van der Waals surface area contributed by atoms with Crippen LogP contribution in [0, 0.1) is 11.3 Å². The molecular weight excluding hydrogens is 487 g/mol. The number of nitrogens with zero attached hydrogens (tertiary/aromatic N) is 2. The molecule has 0 amide bonds. The lowest BCUT2D eigenvalue weighted by molar-refractivity contribution is -0.361. The van der Waals surface area contributed by atoms with Crippen LogP contribution in [0.4, 0.5) is 30.7 Å². The van der Waals surface area contributed by atoms with Gasteiger partial charge in [-0.2, -0.15) is 41.1 Å². The van der Waals surface area contributed by atoms with E-state index in [0.29, 0.717) is 27.4 Å². The van der Waals surface area contributed by atoms with Crippen molar-refractivity contribution in [3.05, 3.63) is 63.6 Å². The van der Waals surface area contributed by atoms with Crippen LogP contribution < -0.4 is 10.2 Å². The van der Waals surface area contributed by atoms with Crippen LogP contribution in [0.5, 0.6) is 5.75 Å². The molecule has 0 saturated heterocycles. The molecule has 0 aromatic heterocycles. The van der Waals surface area contributed by atoms with Crippen molar-refractivity contribution in [2.24, 2.45) is 5.10 Å². The largest absolute Gasteiger partial charge is 0.488 e. The van der Waals surface area contributed by atoms with Gasteiger partial charge >= 0.3 is 18.1 Å². The fourth-order valence-corrected chi connectivity index (χ4v) is 2.50. The molecule has 0 fully saturated rings. The third kappa shape index (κ3) is 5.41. The predicted octanol–water partition coefficient (Wildman–Crippen LogP) is 5.61. The van der Waals surface area contributed by atoms with E-state index in [1.165, 1.54) is 18.2 Å². The SMILES string of the molecule is N#Cc1ccc(COc2ccc(/C=N\NC(F)(F)C(F)(F)C(F)(F)F)cc2Br)cc1. The second-order valence-corrected chi connectivity index (χ2v) is 6.66. The Morgan fingerprint density at radius 1 is 1.03 bits per heavy atom. The van der Waals surface area contributed by atoms with Crippen molar-refractivity contribution in [3.8, 4) is 11.8 Å². The molecule has 160 valence electrons. The zero-order valence-electron chi connectivity index (χ0n) is 14.7. The molecular formula is C18H11BrF7N3O. The number of hydrogen-bond acceptors (Lipinski definition) is 4. The summed E-state index contributed by atoms with van der Waals surface area (Å²) in [5, 5.41) is 11.5. The van der Waals surface area contributed by atoms with Gasteiger partial charge in [-0.25, -0.2) is 5.43 Å². The van der Waals surface area contributed by atoms with Crippen LogP contribution in [0.25, 0.3) is 0 Å². The minimum absolute atomic E-state index is 0.117. The number of hydrogen-bond donors (Lipinski definition) is 1. The predicted molar refractivity (Wildman–Crippen MR) is 96.3 cm³/mol. The second kappa shape index (κ2) is 8.91. The molecule has 0 heterocycles. The van der Waals surface area contributed by atoms with Crippen LogP contribution in [0.3, 0.4) is 0 Å². The summed E-state index contributed by atoms with van der Waals surface area (Å²) in [7, 11) is 0. The van der Waals surface area contributed by atoms with E-state index in [2.05, 4.69) is 21.0 Å². The van der Waals surface area contributed by atoms with Crippen LogP contribution in [0.2, 0.25) is 0 Å². The van der Waals surface area contributed by atoms with Crippen molar-refractivity contribution >= 4 is 22.1 Å². The van der Waals surface area contributed by atoms with E-state index in [0.717, 1.165) is 5.56 Å². The number of alkyl halides is 7. The molecule has 0 spiro atoms. The Balaban J connectivity index is 2.01. The summed E-state index contributed by atoms with van der Waals surface area (Å²) < 4.78 is 93.8. The van der Waals surface area contributed by atoms with Gasteiger partial charge in [-0.1, -0.05) is 12.1 Å². The second-order valence-electron chi connectivity index (χ2n) is 5.80. The first-order valence-electron chi connectivity index (χ1n) is 7.91. The van der Waals surface area contributed by atoms with Gasteiger partial charge in [0.1, 0.15) is 12.4 Å². The molecule has 0 aliphatic carbocycles. The molecule has 2 rings (SSSR count). The fourth-order valence-electron chi connectivity index (χ4n) is 1.99. The molecule has 1 N–H and O–H groups in total. The monoisotopic (exact) mass is 497 g/mol. The molecule has 30 heavy (non-hydrogen) atoms. The van der Waals surface area contributed by atoms with E-state index in [1.54, 1.807) is 24.3 Å². The molecule has 2 aromatic rings. The molecule has 0 atom stereocenters. The van der Waals surface area contributed by atoms with Crippen LogP contribution in [0.15, 0.2) is 52.0 Å². The van der Waals surface area contributed by atoms with Crippen molar-refractivity contribution in [2.75, 3.05) is 0 Å². The van der Waals surface area contributed by atoms with Crippen LogP contribution in [-0.4, -0.2) is 24.4 Å². The topological polar surface area (TPSA) is 57.4 Å². The molecule has 2 aromatic carbocycles. The summed E-state index contributed by atoms with van der Waals surface area (Å²) in [6, 6.07) is 7.01. The Hall–Kier alpha value is -2.81. The number of nitrogens with one attached hydrogen (secondary N) is 1. The van der Waals surface area contributed by atoms with Gasteiger partial charge in [0.15, 0.2) is 0 Å². The van der Waals surface area contributed by atoms with Crippen LogP contribution >= 0.6 is 15.9 Å². The summed E-state index contributed by atoms with van der Waals surface area (Å²) in [6.07, 6.45) is -5.80. The summed E-state index contributed by atoms with van der Waals surface area (Å²) in [5.74, 6) is -5.96. The van der Waals surface area contributed by atoms with E-state index < -0.39 is 18.1 Å². The van der Waals surface area contributed by atoms with Gasteiger partial charge in [0.05, 0.1) is 22.3 Å². The first-order valence-corrected chi connectivity index (χ1v) is 8.70. The van der Waals surface area contributed by atoms with Crippen LogP contribution in [0.1, 0.15) is 16.7 Å². The lowest BCUT2D eigenvalue weighted by Gasteiger charge is -2.27. The summed E-state index contributed by atoms with van der Waals surface area (Å²) in [4.78, 5) is 0. The first kappa shape index (κ1) is 23.5. The van der Waals surface area contributed by atoms with Gasteiger partial charge in [-0.3, -0.25) is 0 Å². The van der Waals surface area contributed by atoms with E-state index >= 15 is 0 Å². The summed E-state index contributed by atoms with van der Waals surface area (Å²) >= 11 is 3.17.